The topological polar surface area (TPSA) is 123 Å². The van der Waals surface area contributed by atoms with Gasteiger partial charge >= 0.3 is 5.97 Å². The van der Waals surface area contributed by atoms with Gasteiger partial charge in [0.2, 0.25) is 5.88 Å². The zero-order chi connectivity index (χ0) is 27.2. The lowest BCUT2D eigenvalue weighted by atomic mass is 10.0. The summed E-state index contributed by atoms with van der Waals surface area (Å²) in [7, 11) is 0. The summed E-state index contributed by atoms with van der Waals surface area (Å²) >= 11 is 6.78. The molecule has 0 radical (unpaired) electrons. The van der Waals surface area contributed by atoms with Gasteiger partial charge in [0.25, 0.3) is 0 Å². The SMILES string of the molecule is CC1(Oc2ncnc3c2nc(-c2ccc(OCC4(CC(=O)O)CC4)cc2Cl)n3Cc2ccccc2C#N)CC1. The van der Waals surface area contributed by atoms with Crippen molar-refractivity contribution >= 4 is 28.7 Å². The number of fused-ring (bicyclic) bond motifs is 1. The van der Waals surface area contributed by atoms with E-state index in [1.807, 2.05) is 35.8 Å². The largest absolute Gasteiger partial charge is 0.493 e. The number of nitriles is 1. The average Bonchev–Trinajstić information content (AvgIpc) is 3.82. The van der Waals surface area contributed by atoms with Crippen molar-refractivity contribution < 1.29 is 19.4 Å². The first-order valence-corrected chi connectivity index (χ1v) is 13.2. The second-order valence-electron chi connectivity index (χ2n) is 10.7. The third-order valence-corrected chi connectivity index (χ3v) is 7.78. The number of aromatic nitrogens is 4. The lowest BCUT2D eigenvalue weighted by Crippen LogP contribution is -2.17. The van der Waals surface area contributed by atoms with Gasteiger partial charge in [-0.2, -0.15) is 10.2 Å². The first-order chi connectivity index (χ1) is 18.8. The molecule has 39 heavy (non-hydrogen) atoms. The van der Waals surface area contributed by atoms with E-state index in [-0.39, 0.29) is 17.4 Å². The van der Waals surface area contributed by atoms with Crippen LogP contribution in [-0.2, 0) is 11.3 Å². The van der Waals surface area contributed by atoms with E-state index >= 15 is 0 Å². The molecule has 1 N–H and O–H groups in total. The minimum absolute atomic E-state index is 0.0947. The normalized spacial score (nSPS) is 16.4. The van der Waals surface area contributed by atoms with E-state index in [9.17, 15) is 15.2 Å². The molecule has 0 saturated heterocycles. The molecule has 2 heterocycles. The predicted molar refractivity (Wildman–Crippen MR) is 144 cm³/mol. The lowest BCUT2D eigenvalue weighted by molar-refractivity contribution is -0.138. The number of halogens is 1. The van der Waals surface area contributed by atoms with E-state index in [4.69, 9.17) is 26.1 Å². The highest BCUT2D eigenvalue weighted by molar-refractivity contribution is 6.33. The van der Waals surface area contributed by atoms with Gasteiger partial charge in [-0.25, -0.2) is 9.97 Å². The highest BCUT2D eigenvalue weighted by atomic mass is 35.5. The fraction of sp³-hybridized carbons (Fsp3) is 0.345. The minimum atomic E-state index is -0.816. The van der Waals surface area contributed by atoms with Gasteiger partial charge in [-0.1, -0.05) is 29.8 Å². The summed E-state index contributed by atoms with van der Waals surface area (Å²) in [5.74, 6) is 0.717. The van der Waals surface area contributed by atoms with Gasteiger partial charge in [0.15, 0.2) is 11.2 Å². The van der Waals surface area contributed by atoms with Crippen LogP contribution in [-0.4, -0.2) is 42.8 Å². The number of hydrogen-bond donors (Lipinski definition) is 1. The Kier molecular flexibility index (Phi) is 6.15. The van der Waals surface area contributed by atoms with Crippen LogP contribution in [0.4, 0.5) is 0 Å². The number of rotatable bonds is 10. The smallest absolute Gasteiger partial charge is 0.304 e. The molecule has 0 amide bonds. The van der Waals surface area contributed by atoms with Crippen LogP contribution in [0.1, 0.15) is 50.2 Å². The molecular weight excluding hydrogens is 518 g/mol. The number of hydrogen-bond acceptors (Lipinski definition) is 7. The molecule has 2 fully saturated rings. The molecule has 2 aliphatic rings. The van der Waals surface area contributed by atoms with Crippen LogP contribution in [0.25, 0.3) is 22.6 Å². The molecule has 9 nitrogen and oxygen atoms in total. The number of nitrogens with zero attached hydrogens (tertiary/aromatic N) is 5. The molecule has 2 saturated carbocycles. The van der Waals surface area contributed by atoms with Gasteiger partial charge in [-0.05, 0) is 62.4 Å². The van der Waals surface area contributed by atoms with Crippen LogP contribution in [0.3, 0.4) is 0 Å². The van der Waals surface area contributed by atoms with Gasteiger partial charge in [0, 0.05) is 11.0 Å². The average molecular weight is 544 g/mol. The number of carbonyl (C=O) groups is 1. The summed E-state index contributed by atoms with van der Waals surface area (Å²) in [6.07, 6.45) is 5.13. The van der Waals surface area contributed by atoms with Gasteiger partial charge in [-0.3, -0.25) is 4.79 Å². The number of carboxylic acid groups (broad SMARTS) is 1. The Labute approximate surface area is 230 Å². The third kappa shape index (κ3) is 5.12. The molecule has 0 unspecified atom stereocenters. The molecule has 198 valence electrons. The fourth-order valence-electron chi connectivity index (χ4n) is 4.67. The van der Waals surface area contributed by atoms with Crippen LogP contribution in [0.15, 0.2) is 48.8 Å². The van der Waals surface area contributed by atoms with Crippen molar-refractivity contribution in [1.82, 2.24) is 19.5 Å². The summed E-state index contributed by atoms with van der Waals surface area (Å²) in [4.78, 5) is 25.0. The van der Waals surface area contributed by atoms with Crippen LogP contribution >= 0.6 is 11.6 Å². The van der Waals surface area contributed by atoms with Gasteiger partial charge < -0.3 is 19.1 Å². The zero-order valence-corrected chi connectivity index (χ0v) is 22.1. The van der Waals surface area contributed by atoms with E-state index in [2.05, 4.69) is 16.0 Å². The number of ether oxygens (including phenoxy) is 2. The third-order valence-electron chi connectivity index (χ3n) is 7.47. The van der Waals surface area contributed by atoms with Crippen molar-refractivity contribution in [2.24, 2.45) is 5.41 Å². The summed E-state index contributed by atoms with van der Waals surface area (Å²) in [5.41, 5.74) is 2.59. The van der Waals surface area contributed by atoms with Crippen LogP contribution in [0, 0.1) is 16.7 Å². The van der Waals surface area contributed by atoms with Crippen molar-refractivity contribution in [2.75, 3.05) is 6.61 Å². The Bertz CT molecular complexity index is 1630. The first kappa shape index (κ1) is 25.1. The van der Waals surface area contributed by atoms with Crippen molar-refractivity contribution in [1.29, 1.82) is 5.26 Å². The summed E-state index contributed by atoms with van der Waals surface area (Å²) in [5, 5.41) is 19.3. The van der Waals surface area contributed by atoms with Gasteiger partial charge in [-0.15, -0.1) is 0 Å². The van der Waals surface area contributed by atoms with Crippen LogP contribution < -0.4 is 9.47 Å². The zero-order valence-electron chi connectivity index (χ0n) is 21.4. The minimum Gasteiger partial charge on any atom is -0.493 e. The molecule has 2 aromatic carbocycles. The standard InChI is InChI=1S/C29H26ClN5O4/c1-28(8-9-28)39-27-24-26(32-17-33-27)35(15-19-5-3-2-4-18(19)14-31)25(34-24)21-7-6-20(12-22(21)30)38-16-29(10-11-29)13-23(36)37/h2-7,12,17H,8-11,13,15-16H2,1H3,(H,36,37). The molecule has 0 spiro atoms. The van der Waals surface area contributed by atoms with Crippen LogP contribution in [0.5, 0.6) is 11.6 Å². The van der Waals surface area contributed by atoms with E-state index in [1.165, 1.54) is 6.33 Å². The van der Waals surface area contributed by atoms with Crippen molar-refractivity contribution in [2.45, 2.75) is 51.2 Å². The summed E-state index contributed by atoms with van der Waals surface area (Å²) in [6.45, 7) is 2.71. The monoisotopic (exact) mass is 543 g/mol. The Morgan fingerprint density at radius 2 is 1.97 bits per heavy atom. The molecule has 4 aromatic rings. The second kappa shape index (κ2) is 9.54. The number of imidazole rings is 1. The highest BCUT2D eigenvalue weighted by Gasteiger charge is 2.45. The number of carboxylic acids is 1. The summed E-state index contributed by atoms with van der Waals surface area (Å²) < 4.78 is 14.1. The Balaban J connectivity index is 1.38. The molecule has 2 aromatic heterocycles. The second-order valence-corrected chi connectivity index (χ2v) is 11.1. The Morgan fingerprint density at radius 3 is 2.67 bits per heavy atom. The van der Waals surface area contributed by atoms with Crippen molar-refractivity contribution in [3.05, 3.63) is 64.9 Å². The molecule has 0 bridgehead atoms. The van der Waals surface area contributed by atoms with E-state index < -0.39 is 5.97 Å². The maximum absolute atomic E-state index is 11.2. The molecule has 6 rings (SSSR count). The number of benzene rings is 2. The van der Waals surface area contributed by atoms with E-state index in [1.54, 1.807) is 18.2 Å². The predicted octanol–water partition coefficient (Wildman–Crippen LogP) is 5.63. The van der Waals surface area contributed by atoms with Gasteiger partial charge in [0.05, 0.1) is 36.2 Å². The van der Waals surface area contributed by atoms with E-state index in [0.717, 1.165) is 31.2 Å². The fourth-order valence-corrected chi connectivity index (χ4v) is 4.92. The van der Waals surface area contributed by atoms with Crippen molar-refractivity contribution in [3.63, 3.8) is 0 Å². The molecule has 10 heteroatoms. The maximum Gasteiger partial charge on any atom is 0.304 e. The summed E-state index contributed by atoms with van der Waals surface area (Å²) in [6, 6.07) is 15.0. The molecule has 2 aliphatic carbocycles. The lowest BCUT2D eigenvalue weighted by Gasteiger charge is -2.15. The molecular formula is C29H26ClN5O4. The highest BCUT2D eigenvalue weighted by Crippen LogP contribution is 2.49. The molecule has 0 aliphatic heterocycles. The van der Waals surface area contributed by atoms with Crippen LogP contribution in [0.2, 0.25) is 5.02 Å². The molecule has 0 atom stereocenters. The first-order valence-electron chi connectivity index (χ1n) is 12.8. The maximum atomic E-state index is 11.2. The number of aliphatic carboxylic acids is 1. The van der Waals surface area contributed by atoms with Crippen molar-refractivity contribution in [3.8, 4) is 29.1 Å². The quantitative estimate of drug-likeness (QED) is 0.273. The van der Waals surface area contributed by atoms with E-state index in [0.29, 0.717) is 57.9 Å². The Morgan fingerprint density at radius 1 is 1.18 bits per heavy atom. The van der Waals surface area contributed by atoms with Gasteiger partial charge in [0.1, 0.15) is 23.5 Å². The Hall–Kier alpha value is -4.16.